The molecule has 3 rings (SSSR count). The van der Waals surface area contributed by atoms with E-state index in [-0.39, 0.29) is 6.03 Å². The van der Waals surface area contributed by atoms with Crippen molar-refractivity contribution in [3.63, 3.8) is 0 Å². The number of aryl methyl sites for hydroxylation is 1. The van der Waals surface area contributed by atoms with E-state index in [9.17, 15) is 4.79 Å². The van der Waals surface area contributed by atoms with Crippen LogP contribution >= 0.6 is 11.3 Å². The zero-order chi connectivity index (χ0) is 16.1. The molecule has 6 heteroatoms. The van der Waals surface area contributed by atoms with Crippen molar-refractivity contribution in [2.45, 2.75) is 13.5 Å². The molecule has 23 heavy (non-hydrogen) atoms. The van der Waals surface area contributed by atoms with Gasteiger partial charge in [0.1, 0.15) is 0 Å². The van der Waals surface area contributed by atoms with Gasteiger partial charge < -0.3 is 10.6 Å². The molecule has 0 spiro atoms. The molecule has 2 heterocycles. The Kier molecular flexibility index (Phi) is 4.63. The maximum absolute atomic E-state index is 11.8. The molecule has 0 aliphatic rings. The number of nitrogens with zero attached hydrogens (tertiary/aromatic N) is 2. The van der Waals surface area contributed by atoms with Crippen LogP contribution in [0, 0.1) is 6.92 Å². The lowest BCUT2D eigenvalue weighted by Crippen LogP contribution is -2.28. The number of rotatable bonds is 4. The van der Waals surface area contributed by atoms with Crippen LogP contribution in [0.15, 0.2) is 54.2 Å². The highest BCUT2D eigenvalue weighted by molar-refractivity contribution is 7.09. The number of carbonyl (C=O) groups is 1. The third-order valence-electron chi connectivity index (χ3n) is 3.24. The van der Waals surface area contributed by atoms with Gasteiger partial charge in [0.2, 0.25) is 0 Å². The predicted molar refractivity (Wildman–Crippen MR) is 92.4 cm³/mol. The highest BCUT2D eigenvalue weighted by Crippen LogP contribution is 2.21. The van der Waals surface area contributed by atoms with E-state index in [1.54, 1.807) is 35.9 Å². The van der Waals surface area contributed by atoms with Crippen LogP contribution in [0.1, 0.15) is 10.6 Å². The van der Waals surface area contributed by atoms with Crippen molar-refractivity contribution in [3.05, 3.63) is 64.7 Å². The Morgan fingerprint density at radius 1 is 1.22 bits per heavy atom. The Labute approximate surface area is 138 Å². The van der Waals surface area contributed by atoms with Gasteiger partial charge in [-0.05, 0) is 24.6 Å². The van der Waals surface area contributed by atoms with E-state index in [1.165, 1.54) is 0 Å². The molecule has 0 aliphatic heterocycles. The Hall–Kier alpha value is -2.73. The molecule has 0 fully saturated rings. The molecule has 0 bridgehead atoms. The van der Waals surface area contributed by atoms with E-state index in [0.29, 0.717) is 12.2 Å². The Balaban J connectivity index is 1.55. The monoisotopic (exact) mass is 324 g/mol. The summed E-state index contributed by atoms with van der Waals surface area (Å²) in [6, 6.07) is 11.3. The first-order valence-electron chi connectivity index (χ1n) is 7.17. The summed E-state index contributed by atoms with van der Waals surface area (Å²) in [7, 11) is 0. The summed E-state index contributed by atoms with van der Waals surface area (Å²) >= 11 is 1.64. The number of nitrogens with one attached hydrogen (secondary N) is 2. The number of anilines is 1. The number of hydrogen-bond acceptors (Lipinski definition) is 4. The van der Waals surface area contributed by atoms with Gasteiger partial charge in [0.25, 0.3) is 0 Å². The molecule has 0 saturated heterocycles. The van der Waals surface area contributed by atoms with Gasteiger partial charge >= 0.3 is 6.03 Å². The van der Waals surface area contributed by atoms with Crippen LogP contribution in [-0.4, -0.2) is 16.0 Å². The summed E-state index contributed by atoms with van der Waals surface area (Å²) in [4.78, 5) is 20.2. The largest absolute Gasteiger partial charge is 0.334 e. The number of aromatic nitrogens is 2. The van der Waals surface area contributed by atoms with Gasteiger partial charge in [-0.2, -0.15) is 0 Å². The fourth-order valence-electron chi connectivity index (χ4n) is 2.08. The second kappa shape index (κ2) is 7.02. The molecule has 0 saturated carbocycles. The summed E-state index contributed by atoms with van der Waals surface area (Å²) < 4.78 is 0. The lowest BCUT2D eigenvalue weighted by molar-refractivity contribution is 0.251. The van der Waals surface area contributed by atoms with Crippen LogP contribution in [0.25, 0.3) is 11.3 Å². The Morgan fingerprint density at radius 3 is 2.70 bits per heavy atom. The molecule has 1 aromatic carbocycles. The summed E-state index contributed by atoms with van der Waals surface area (Å²) in [5.41, 5.74) is 3.76. The molecule has 0 unspecified atom stereocenters. The molecule has 2 amide bonds. The maximum atomic E-state index is 11.8. The normalized spacial score (nSPS) is 10.3. The van der Waals surface area contributed by atoms with Crippen molar-refractivity contribution in [1.82, 2.24) is 15.3 Å². The number of pyridine rings is 1. The second-order valence-corrected chi connectivity index (χ2v) is 6.06. The van der Waals surface area contributed by atoms with Crippen LogP contribution in [0.4, 0.5) is 10.5 Å². The number of hydrogen-bond donors (Lipinski definition) is 2. The molecule has 0 aliphatic carbocycles. The first-order valence-corrected chi connectivity index (χ1v) is 8.05. The minimum absolute atomic E-state index is 0.253. The lowest BCUT2D eigenvalue weighted by Gasteiger charge is -2.07. The molecule has 0 atom stereocenters. The van der Waals surface area contributed by atoms with Crippen LogP contribution in [-0.2, 0) is 6.54 Å². The first kappa shape index (κ1) is 15.2. The van der Waals surface area contributed by atoms with Gasteiger partial charge in [0.15, 0.2) is 0 Å². The van der Waals surface area contributed by atoms with Crippen molar-refractivity contribution in [1.29, 1.82) is 0 Å². The summed E-state index contributed by atoms with van der Waals surface area (Å²) in [6.45, 7) is 2.45. The average Bonchev–Trinajstić information content (AvgIpc) is 3.01. The lowest BCUT2D eigenvalue weighted by atomic mass is 10.1. The topological polar surface area (TPSA) is 66.9 Å². The SMILES string of the molecule is Cc1nc(-c2ccc(CNC(=O)Nc3cccnc3)cc2)cs1. The van der Waals surface area contributed by atoms with Gasteiger partial charge in [-0.1, -0.05) is 24.3 Å². The van der Waals surface area contributed by atoms with Gasteiger partial charge in [0, 0.05) is 23.7 Å². The molecule has 3 aromatic rings. The van der Waals surface area contributed by atoms with Crippen LogP contribution < -0.4 is 10.6 Å². The Morgan fingerprint density at radius 2 is 2.04 bits per heavy atom. The summed E-state index contributed by atoms with van der Waals surface area (Å²) in [5, 5.41) is 8.65. The maximum Gasteiger partial charge on any atom is 0.319 e. The standard InChI is InChI=1S/C17H16N4OS/c1-12-20-16(11-23-12)14-6-4-13(5-7-14)9-19-17(22)21-15-3-2-8-18-10-15/h2-8,10-11H,9H2,1H3,(H2,19,21,22). The van der Waals surface area contributed by atoms with E-state index in [0.717, 1.165) is 21.8 Å². The molecule has 5 nitrogen and oxygen atoms in total. The molecule has 116 valence electrons. The minimum Gasteiger partial charge on any atom is -0.334 e. The van der Waals surface area contributed by atoms with Gasteiger partial charge in [0.05, 0.1) is 22.6 Å². The second-order valence-electron chi connectivity index (χ2n) is 5.00. The van der Waals surface area contributed by atoms with Crippen molar-refractivity contribution in [2.75, 3.05) is 5.32 Å². The fraction of sp³-hybridized carbons (Fsp3) is 0.118. The van der Waals surface area contributed by atoms with Gasteiger partial charge in [-0.25, -0.2) is 9.78 Å². The van der Waals surface area contributed by atoms with E-state index in [2.05, 4.69) is 20.6 Å². The van der Waals surface area contributed by atoms with Crippen LogP contribution in [0.3, 0.4) is 0 Å². The number of urea groups is 1. The molecule has 2 aromatic heterocycles. The minimum atomic E-state index is -0.253. The van der Waals surface area contributed by atoms with Crippen molar-refractivity contribution in [3.8, 4) is 11.3 Å². The molecule has 0 radical (unpaired) electrons. The van der Waals surface area contributed by atoms with Crippen LogP contribution in [0.5, 0.6) is 0 Å². The number of thiazole rings is 1. The van der Waals surface area contributed by atoms with Crippen molar-refractivity contribution < 1.29 is 4.79 Å². The number of carbonyl (C=O) groups excluding carboxylic acids is 1. The molecule has 2 N–H and O–H groups in total. The van der Waals surface area contributed by atoms with Crippen molar-refractivity contribution in [2.24, 2.45) is 0 Å². The average molecular weight is 324 g/mol. The highest BCUT2D eigenvalue weighted by atomic mass is 32.1. The third-order valence-corrected chi connectivity index (χ3v) is 4.01. The van der Waals surface area contributed by atoms with Crippen molar-refractivity contribution >= 4 is 23.1 Å². The molecular weight excluding hydrogens is 308 g/mol. The van der Waals surface area contributed by atoms with Gasteiger partial charge in [-0.15, -0.1) is 11.3 Å². The van der Waals surface area contributed by atoms with E-state index in [1.807, 2.05) is 36.6 Å². The zero-order valence-corrected chi connectivity index (χ0v) is 13.4. The highest BCUT2D eigenvalue weighted by Gasteiger charge is 2.04. The first-order chi connectivity index (χ1) is 11.2. The molecular formula is C17H16N4OS. The Bertz CT molecular complexity index is 784. The van der Waals surface area contributed by atoms with E-state index in [4.69, 9.17) is 0 Å². The van der Waals surface area contributed by atoms with Crippen LogP contribution in [0.2, 0.25) is 0 Å². The fourth-order valence-corrected chi connectivity index (χ4v) is 2.71. The van der Waals surface area contributed by atoms with E-state index >= 15 is 0 Å². The number of amides is 2. The summed E-state index contributed by atoms with van der Waals surface area (Å²) in [5.74, 6) is 0. The third kappa shape index (κ3) is 4.14. The predicted octanol–water partition coefficient (Wildman–Crippen LogP) is 3.84. The van der Waals surface area contributed by atoms with E-state index < -0.39 is 0 Å². The summed E-state index contributed by atoms with van der Waals surface area (Å²) in [6.07, 6.45) is 3.26. The quantitative estimate of drug-likeness (QED) is 0.766. The zero-order valence-electron chi connectivity index (χ0n) is 12.6. The smallest absolute Gasteiger partial charge is 0.319 e. The van der Waals surface area contributed by atoms with Gasteiger partial charge in [-0.3, -0.25) is 4.98 Å². The number of benzene rings is 1.